The molecule has 0 aliphatic rings. The minimum atomic E-state index is -0.401. The first-order chi connectivity index (χ1) is 13.0. The van der Waals surface area contributed by atoms with E-state index >= 15 is 0 Å². The topological polar surface area (TPSA) is 84.2 Å². The van der Waals surface area contributed by atoms with Crippen LogP contribution in [0.3, 0.4) is 0 Å². The molecule has 0 unspecified atom stereocenters. The van der Waals surface area contributed by atoms with Crippen molar-refractivity contribution in [3.63, 3.8) is 0 Å². The highest BCUT2D eigenvalue weighted by Gasteiger charge is 2.12. The number of nitrogens with one attached hydrogen (secondary N) is 2. The number of carbonyl (C=O) groups is 2. The summed E-state index contributed by atoms with van der Waals surface area (Å²) in [6.07, 6.45) is 0.964. The van der Waals surface area contributed by atoms with Crippen molar-refractivity contribution < 1.29 is 14.1 Å². The number of anilines is 1. The van der Waals surface area contributed by atoms with Crippen molar-refractivity contribution in [1.29, 1.82) is 0 Å². The van der Waals surface area contributed by atoms with Crippen LogP contribution in [0.15, 0.2) is 63.6 Å². The Labute approximate surface area is 165 Å². The van der Waals surface area contributed by atoms with E-state index in [2.05, 4.69) is 38.6 Å². The Morgan fingerprint density at radius 3 is 2.59 bits per heavy atom. The molecular formula is C20H18BrN3O3. The van der Waals surface area contributed by atoms with E-state index in [-0.39, 0.29) is 18.3 Å². The van der Waals surface area contributed by atoms with Crippen LogP contribution in [0.1, 0.15) is 22.8 Å². The van der Waals surface area contributed by atoms with Crippen LogP contribution in [0.5, 0.6) is 0 Å². The molecule has 2 aromatic carbocycles. The minimum absolute atomic E-state index is 0.174. The molecule has 0 atom stereocenters. The highest BCUT2D eigenvalue weighted by molar-refractivity contribution is 9.10. The van der Waals surface area contributed by atoms with Gasteiger partial charge in [-0.15, -0.1) is 0 Å². The zero-order valence-corrected chi connectivity index (χ0v) is 16.2. The summed E-state index contributed by atoms with van der Waals surface area (Å²) in [5, 5.41) is 9.11. The summed E-state index contributed by atoms with van der Waals surface area (Å²) >= 11 is 3.31. The lowest BCUT2D eigenvalue weighted by Crippen LogP contribution is -2.32. The molecule has 0 saturated carbocycles. The molecule has 7 heteroatoms. The smallest absolute Gasteiger partial charge is 0.251 e. The SMILES string of the molecule is CCc1ccc(-c2cc(NC(=O)CNC(=O)c3cccc(Br)c3)on2)cc1. The van der Waals surface area contributed by atoms with E-state index in [1.807, 2.05) is 30.3 Å². The molecule has 0 aliphatic heterocycles. The van der Waals surface area contributed by atoms with Crippen molar-refractivity contribution >= 4 is 33.6 Å². The third-order valence-electron chi connectivity index (χ3n) is 3.93. The van der Waals surface area contributed by atoms with Crippen molar-refractivity contribution in [2.24, 2.45) is 0 Å². The maximum absolute atomic E-state index is 12.0. The maximum Gasteiger partial charge on any atom is 0.251 e. The standard InChI is InChI=1S/C20H18BrN3O3/c1-2-13-6-8-14(9-7-13)17-11-19(27-24-17)23-18(25)12-22-20(26)15-4-3-5-16(21)10-15/h3-11H,2,12H2,1H3,(H,22,26)(H,23,25). The Morgan fingerprint density at radius 1 is 1.11 bits per heavy atom. The molecule has 6 nitrogen and oxygen atoms in total. The number of carbonyl (C=O) groups excluding carboxylic acids is 2. The summed E-state index contributed by atoms with van der Waals surface area (Å²) in [5.74, 6) is -0.505. The van der Waals surface area contributed by atoms with Gasteiger partial charge in [0, 0.05) is 21.7 Å². The van der Waals surface area contributed by atoms with Crippen LogP contribution in [-0.4, -0.2) is 23.5 Å². The predicted molar refractivity (Wildman–Crippen MR) is 106 cm³/mol. The van der Waals surface area contributed by atoms with E-state index < -0.39 is 5.91 Å². The lowest BCUT2D eigenvalue weighted by molar-refractivity contribution is -0.115. The van der Waals surface area contributed by atoms with Gasteiger partial charge >= 0.3 is 0 Å². The molecule has 1 aromatic heterocycles. The number of aryl methyl sites for hydroxylation is 1. The Morgan fingerprint density at radius 2 is 1.89 bits per heavy atom. The lowest BCUT2D eigenvalue weighted by atomic mass is 10.1. The monoisotopic (exact) mass is 427 g/mol. The van der Waals surface area contributed by atoms with E-state index in [1.165, 1.54) is 5.56 Å². The maximum atomic E-state index is 12.0. The Hall–Kier alpha value is -2.93. The number of nitrogens with zero attached hydrogens (tertiary/aromatic N) is 1. The van der Waals surface area contributed by atoms with Crippen LogP contribution in [0.2, 0.25) is 0 Å². The fourth-order valence-electron chi connectivity index (χ4n) is 2.46. The third-order valence-corrected chi connectivity index (χ3v) is 4.42. The minimum Gasteiger partial charge on any atom is -0.343 e. The highest BCUT2D eigenvalue weighted by atomic mass is 79.9. The zero-order valence-electron chi connectivity index (χ0n) is 14.7. The van der Waals surface area contributed by atoms with E-state index in [9.17, 15) is 9.59 Å². The average molecular weight is 428 g/mol. The van der Waals surface area contributed by atoms with Gasteiger partial charge in [-0.1, -0.05) is 58.3 Å². The van der Waals surface area contributed by atoms with Gasteiger partial charge in [0.05, 0.1) is 6.54 Å². The van der Waals surface area contributed by atoms with Crippen molar-refractivity contribution in [2.75, 3.05) is 11.9 Å². The lowest BCUT2D eigenvalue weighted by Gasteiger charge is -2.05. The van der Waals surface area contributed by atoms with E-state index in [0.717, 1.165) is 16.5 Å². The van der Waals surface area contributed by atoms with Gasteiger partial charge < -0.3 is 9.84 Å². The molecule has 3 rings (SSSR count). The predicted octanol–water partition coefficient (Wildman–Crippen LogP) is 4.04. The van der Waals surface area contributed by atoms with Crippen molar-refractivity contribution in [1.82, 2.24) is 10.5 Å². The number of amides is 2. The Bertz CT molecular complexity index is 951. The number of halogens is 1. The fourth-order valence-corrected chi connectivity index (χ4v) is 2.85. The summed E-state index contributed by atoms with van der Waals surface area (Å²) in [6, 6.07) is 16.5. The average Bonchev–Trinajstić information content (AvgIpc) is 3.14. The molecule has 3 aromatic rings. The second-order valence-corrected chi connectivity index (χ2v) is 6.78. The van der Waals surface area contributed by atoms with Crippen LogP contribution in [-0.2, 0) is 11.2 Å². The Kier molecular flexibility index (Phi) is 6.03. The molecule has 2 amide bonds. The third kappa shape index (κ3) is 5.04. The van der Waals surface area contributed by atoms with Gasteiger partial charge in [0.25, 0.3) is 5.91 Å². The van der Waals surface area contributed by atoms with Gasteiger partial charge in [0.15, 0.2) is 0 Å². The molecule has 0 saturated heterocycles. The van der Waals surface area contributed by atoms with Crippen molar-refractivity contribution in [2.45, 2.75) is 13.3 Å². The molecule has 27 heavy (non-hydrogen) atoms. The molecular weight excluding hydrogens is 410 g/mol. The highest BCUT2D eigenvalue weighted by Crippen LogP contribution is 2.22. The number of hydrogen-bond donors (Lipinski definition) is 2. The number of aromatic nitrogens is 1. The molecule has 138 valence electrons. The Balaban J connectivity index is 1.55. The molecule has 0 fully saturated rings. The van der Waals surface area contributed by atoms with Gasteiger partial charge in [-0.2, -0.15) is 0 Å². The second-order valence-electron chi connectivity index (χ2n) is 5.87. The molecule has 1 heterocycles. The van der Waals surface area contributed by atoms with Gasteiger partial charge in [-0.25, -0.2) is 0 Å². The summed E-state index contributed by atoms with van der Waals surface area (Å²) in [5.41, 5.74) is 3.23. The van der Waals surface area contributed by atoms with Crippen LogP contribution in [0.4, 0.5) is 5.88 Å². The van der Waals surface area contributed by atoms with Gasteiger partial charge in [-0.05, 0) is 30.2 Å². The van der Waals surface area contributed by atoms with E-state index in [0.29, 0.717) is 11.3 Å². The first-order valence-electron chi connectivity index (χ1n) is 8.45. The van der Waals surface area contributed by atoms with Crippen LogP contribution in [0, 0.1) is 0 Å². The van der Waals surface area contributed by atoms with Crippen LogP contribution >= 0.6 is 15.9 Å². The number of hydrogen-bond acceptors (Lipinski definition) is 4. The molecule has 0 spiro atoms. The first-order valence-corrected chi connectivity index (χ1v) is 9.24. The quantitative estimate of drug-likeness (QED) is 0.621. The number of benzene rings is 2. The number of rotatable bonds is 6. The molecule has 0 aliphatic carbocycles. The summed E-state index contributed by atoms with van der Waals surface area (Å²) in [4.78, 5) is 24.1. The van der Waals surface area contributed by atoms with Crippen LogP contribution in [0.25, 0.3) is 11.3 Å². The zero-order chi connectivity index (χ0) is 19.2. The van der Waals surface area contributed by atoms with E-state index in [4.69, 9.17) is 4.52 Å². The van der Waals surface area contributed by atoms with Crippen molar-refractivity contribution in [3.05, 3.63) is 70.2 Å². The summed E-state index contributed by atoms with van der Waals surface area (Å²) in [6.45, 7) is 1.92. The van der Waals surface area contributed by atoms with E-state index in [1.54, 1.807) is 24.3 Å². The summed E-state index contributed by atoms with van der Waals surface area (Å²) < 4.78 is 5.94. The van der Waals surface area contributed by atoms with Crippen LogP contribution < -0.4 is 10.6 Å². The van der Waals surface area contributed by atoms with Gasteiger partial charge in [0.1, 0.15) is 5.69 Å². The summed E-state index contributed by atoms with van der Waals surface area (Å²) in [7, 11) is 0. The molecule has 2 N–H and O–H groups in total. The largest absolute Gasteiger partial charge is 0.343 e. The van der Waals surface area contributed by atoms with Gasteiger partial charge in [0.2, 0.25) is 11.8 Å². The fraction of sp³-hybridized carbons (Fsp3) is 0.150. The molecule has 0 radical (unpaired) electrons. The molecule has 0 bridgehead atoms. The second kappa shape index (κ2) is 8.64. The van der Waals surface area contributed by atoms with Gasteiger partial charge in [-0.3, -0.25) is 14.9 Å². The van der Waals surface area contributed by atoms with Crippen molar-refractivity contribution in [3.8, 4) is 11.3 Å². The first kappa shape index (κ1) is 18.8. The normalized spacial score (nSPS) is 10.4.